The minimum Gasteiger partial charge on any atom is -0.329 e. The van der Waals surface area contributed by atoms with Gasteiger partial charge in [0.15, 0.2) is 0 Å². The summed E-state index contributed by atoms with van der Waals surface area (Å²) >= 11 is 5.89. The quantitative estimate of drug-likeness (QED) is 0.606. The average molecular weight is 207 g/mol. The van der Waals surface area contributed by atoms with Crippen LogP contribution in [0, 0.1) is 0 Å². The smallest absolute Gasteiger partial charge is 0.211 e. The van der Waals surface area contributed by atoms with E-state index in [-0.39, 0.29) is 0 Å². The standard InChI is InChI=1S/C10H7ClN2O/c11-10-9-2-1-8(13-6-14)5-7(9)3-4-12-10/h1-6H,(H,13,14). The van der Waals surface area contributed by atoms with Crippen molar-refractivity contribution < 1.29 is 4.79 Å². The van der Waals surface area contributed by atoms with E-state index in [1.807, 2.05) is 18.2 Å². The molecule has 0 saturated carbocycles. The zero-order valence-electron chi connectivity index (χ0n) is 7.20. The number of benzene rings is 1. The Morgan fingerprint density at radius 2 is 2.21 bits per heavy atom. The van der Waals surface area contributed by atoms with Crippen LogP contribution in [0.2, 0.25) is 5.15 Å². The molecule has 1 N–H and O–H groups in total. The van der Waals surface area contributed by atoms with Gasteiger partial charge in [0, 0.05) is 17.3 Å². The number of rotatable bonds is 2. The van der Waals surface area contributed by atoms with Crippen molar-refractivity contribution in [3.63, 3.8) is 0 Å². The molecule has 70 valence electrons. The summed E-state index contributed by atoms with van der Waals surface area (Å²) in [5.74, 6) is 0. The predicted molar refractivity (Wildman–Crippen MR) is 56.4 cm³/mol. The molecule has 0 aliphatic carbocycles. The van der Waals surface area contributed by atoms with Gasteiger partial charge < -0.3 is 5.32 Å². The molecule has 1 heterocycles. The third-order valence-corrected chi connectivity index (χ3v) is 2.24. The van der Waals surface area contributed by atoms with Crippen molar-refractivity contribution in [3.05, 3.63) is 35.6 Å². The van der Waals surface area contributed by atoms with Crippen LogP contribution >= 0.6 is 11.6 Å². The zero-order valence-corrected chi connectivity index (χ0v) is 7.95. The second-order valence-electron chi connectivity index (χ2n) is 2.80. The molecule has 14 heavy (non-hydrogen) atoms. The Balaban J connectivity index is 2.61. The van der Waals surface area contributed by atoms with Crippen molar-refractivity contribution in [2.45, 2.75) is 0 Å². The summed E-state index contributed by atoms with van der Waals surface area (Å²) in [4.78, 5) is 14.2. The second kappa shape index (κ2) is 3.64. The number of aromatic nitrogens is 1. The largest absolute Gasteiger partial charge is 0.329 e. The Kier molecular flexibility index (Phi) is 2.33. The summed E-state index contributed by atoms with van der Waals surface area (Å²) in [5.41, 5.74) is 0.745. The maximum atomic E-state index is 10.2. The van der Waals surface area contributed by atoms with Crippen LogP contribution in [0.5, 0.6) is 0 Å². The number of carbonyl (C=O) groups excluding carboxylic acids is 1. The van der Waals surface area contributed by atoms with Gasteiger partial charge in [0.05, 0.1) is 0 Å². The molecule has 1 amide bonds. The van der Waals surface area contributed by atoms with E-state index in [0.717, 1.165) is 16.5 Å². The van der Waals surface area contributed by atoms with Crippen LogP contribution in [0.1, 0.15) is 0 Å². The lowest BCUT2D eigenvalue weighted by molar-refractivity contribution is -0.105. The third-order valence-electron chi connectivity index (χ3n) is 1.94. The second-order valence-corrected chi connectivity index (χ2v) is 3.16. The number of amides is 1. The Hall–Kier alpha value is -1.61. The number of pyridine rings is 1. The molecule has 0 saturated heterocycles. The fraction of sp³-hybridized carbons (Fsp3) is 0. The summed E-state index contributed by atoms with van der Waals surface area (Å²) in [5, 5.41) is 4.88. The van der Waals surface area contributed by atoms with E-state index in [2.05, 4.69) is 10.3 Å². The lowest BCUT2D eigenvalue weighted by atomic mass is 10.1. The number of nitrogens with zero attached hydrogens (tertiary/aromatic N) is 1. The van der Waals surface area contributed by atoms with E-state index >= 15 is 0 Å². The Morgan fingerprint density at radius 1 is 1.36 bits per heavy atom. The number of nitrogens with one attached hydrogen (secondary N) is 1. The third kappa shape index (κ3) is 1.54. The van der Waals surface area contributed by atoms with Gasteiger partial charge in [-0.05, 0) is 29.7 Å². The van der Waals surface area contributed by atoms with E-state index in [4.69, 9.17) is 11.6 Å². The first-order chi connectivity index (χ1) is 6.81. The van der Waals surface area contributed by atoms with Crippen molar-refractivity contribution in [2.75, 3.05) is 5.32 Å². The average Bonchev–Trinajstić information content (AvgIpc) is 2.18. The summed E-state index contributed by atoms with van der Waals surface area (Å²) in [6, 6.07) is 7.30. The van der Waals surface area contributed by atoms with E-state index in [0.29, 0.717) is 11.6 Å². The molecule has 0 bridgehead atoms. The van der Waals surface area contributed by atoms with E-state index < -0.39 is 0 Å². The summed E-state index contributed by atoms with van der Waals surface area (Å²) in [6.45, 7) is 0. The Bertz CT molecular complexity index is 485. The zero-order chi connectivity index (χ0) is 9.97. The molecular weight excluding hydrogens is 200 g/mol. The van der Waals surface area contributed by atoms with Gasteiger partial charge in [0.2, 0.25) is 6.41 Å². The molecule has 1 aromatic carbocycles. The molecule has 0 atom stereocenters. The normalized spacial score (nSPS) is 10.1. The molecule has 2 rings (SSSR count). The van der Waals surface area contributed by atoms with Gasteiger partial charge >= 0.3 is 0 Å². The van der Waals surface area contributed by atoms with Gasteiger partial charge in [-0.25, -0.2) is 4.98 Å². The summed E-state index contributed by atoms with van der Waals surface area (Å²) in [6.07, 6.45) is 2.28. The first-order valence-corrected chi connectivity index (χ1v) is 4.43. The fourth-order valence-corrected chi connectivity index (χ4v) is 1.53. The number of carbonyl (C=O) groups is 1. The van der Waals surface area contributed by atoms with Crippen molar-refractivity contribution >= 4 is 34.5 Å². The number of fused-ring (bicyclic) bond motifs is 1. The maximum Gasteiger partial charge on any atom is 0.211 e. The molecule has 2 aromatic rings. The summed E-state index contributed by atoms with van der Waals surface area (Å²) in [7, 11) is 0. The van der Waals surface area contributed by atoms with Crippen LogP contribution in [0.15, 0.2) is 30.5 Å². The molecule has 0 spiro atoms. The van der Waals surface area contributed by atoms with Crippen LogP contribution < -0.4 is 5.32 Å². The highest BCUT2D eigenvalue weighted by Crippen LogP contribution is 2.23. The molecule has 0 unspecified atom stereocenters. The van der Waals surface area contributed by atoms with Crippen molar-refractivity contribution in [1.29, 1.82) is 0 Å². The van der Waals surface area contributed by atoms with Gasteiger partial charge in [0.25, 0.3) is 0 Å². The number of hydrogen-bond acceptors (Lipinski definition) is 2. The summed E-state index contributed by atoms with van der Waals surface area (Å²) < 4.78 is 0. The first kappa shape index (κ1) is 8.97. The number of hydrogen-bond donors (Lipinski definition) is 1. The molecule has 3 nitrogen and oxygen atoms in total. The van der Waals surface area contributed by atoms with Crippen LogP contribution in [-0.4, -0.2) is 11.4 Å². The van der Waals surface area contributed by atoms with Crippen molar-refractivity contribution in [1.82, 2.24) is 4.98 Å². The van der Waals surface area contributed by atoms with Gasteiger partial charge in [-0.1, -0.05) is 11.6 Å². The van der Waals surface area contributed by atoms with Crippen LogP contribution in [-0.2, 0) is 4.79 Å². The van der Waals surface area contributed by atoms with E-state index in [9.17, 15) is 4.79 Å². The van der Waals surface area contributed by atoms with Gasteiger partial charge in [-0.15, -0.1) is 0 Å². The predicted octanol–water partition coefficient (Wildman–Crippen LogP) is 2.46. The molecule has 1 aromatic heterocycles. The molecule has 4 heteroatoms. The molecule has 0 fully saturated rings. The number of anilines is 1. The highest BCUT2D eigenvalue weighted by atomic mass is 35.5. The van der Waals surface area contributed by atoms with E-state index in [1.165, 1.54) is 0 Å². The van der Waals surface area contributed by atoms with Gasteiger partial charge in [-0.2, -0.15) is 0 Å². The minimum atomic E-state index is 0.472. The molecule has 0 aliphatic heterocycles. The van der Waals surface area contributed by atoms with E-state index in [1.54, 1.807) is 12.3 Å². The topological polar surface area (TPSA) is 42.0 Å². The van der Waals surface area contributed by atoms with Crippen molar-refractivity contribution in [2.24, 2.45) is 0 Å². The van der Waals surface area contributed by atoms with Crippen molar-refractivity contribution in [3.8, 4) is 0 Å². The molecular formula is C10H7ClN2O. The highest BCUT2D eigenvalue weighted by molar-refractivity contribution is 6.34. The SMILES string of the molecule is O=CNc1ccc2c(Cl)nccc2c1. The lowest BCUT2D eigenvalue weighted by Gasteiger charge is -2.02. The van der Waals surface area contributed by atoms with Gasteiger partial charge in [-0.3, -0.25) is 4.79 Å². The fourth-order valence-electron chi connectivity index (χ4n) is 1.30. The molecule has 0 aliphatic rings. The first-order valence-electron chi connectivity index (χ1n) is 4.06. The Labute approximate surface area is 85.7 Å². The minimum absolute atomic E-state index is 0.472. The highest BCUT2D eigenvalue weighted by Gasteiger charge is 1.99. The monoisotopic (exact) mass is 206 g/mol. The maximum absolute atomic E-state index is 10.2. The number of halogens is 1. The van der Waals surface area contributed by atoms with Crippen LogP contribution in [0.3, 0.4) is 0 Å². The molecule has 0 radical (unpaired) electrons. The van der Waals surface area contributed by atoms with Crippen LogP contribution in [0.4, 0.5) is 5.69 Å². The van der Waals surface area contributed by atoms with Crippen LogP contribution in [0.25, 0.3) is 10.8 Å². The Morgan fingerprint density at radius 3 is 3.00 bits per heavy atom. The van der Waals surface area contributed by atoms with Gasteiger partial charge in [0.1, 0.15) is 5.15 Å². The lowest BCUT2D eigenvalue weighted by Crippen LogP contribution is -1.93.